The van der Waals surface area contributed by atoms with Crippen molar-refractivity contribution in [1.82, 2.24) is 19.9 Å². The summed E-state index contributed by atoms with van der Waals surface area (Å²) in [7, 11) is 0. The van der Waals surface area contributed by atoms with E-state index >= 15 is 0 Å². The number of likely N-dealkylation sites (tertiary alicyclic amines) is 1. The lowest BCUT2D eigenvalue weighted by Gasteiger charge is -2.31. The van der Waals surface area contributed by atoms with Crippen LogP contribution in [-0.4, -0.2) is 32.9 Å². The number of nitrogen functional groups attached to an aromatic ring is 1. The lowest BCUT2D eigenvalue weighted by atomic mass is 9.93. The second-order valence-corrected chi connectivity index (χ2v) is 7.08. The molecule has 118 valence electrons. The number of aromatic nitrogens is 3. The van der Waals surface area contributed by atoms with E-state index in [1.54, 1.807) is 0 Å². The van der Waals surface area contributed by atoms with E-state index in [4.69, 9.17) is 10.7 Å². The summed E-state index contributed by atoms with van der Waals surface area (Å²) in [6, 6.07) is 8.39. The van der Waals surface area contributed by atoms with Crippen molar-refractivity contribution in [3.05, 3.63) is 47.9 Å². The highest BCUT2D eigenvalue weighted by molar-refractivity contribution is 7.21. The summed E-state index contributed by atoms with van der Waals surface area (Å²) < 4.78 is 1.07. The van der Waals surface area contributed by atoms with Crippen LogP contribution in [0.5, 0.6) is 0 Å². The van der Waals surface area contributed by atoms with E-state index in [0.29, 0.717) is 11.0 Å². The minimum Gasteiger partial charge on any atom is -0.375 e. The monoisotopic (exact) mass is 325 g/mol. The van der Waals surface area contributed by atoms with E-state index in [-0.39, 0.29) is 0 Å². The Hall–Kier alpha value is -2.05. The van der Waals surface area contributed by atoms with Crippen LogP contribution in [0.2, 0.25) is 0 Å². The first-order chi connectivity index (χ1) is 11.3. The zero-order chi connectivity index (χ0) is 15.6. The number of nitrogens with zero attached hydrogens (tertiary/aromatic N) is 4. The smallest absolute Gasteiger partial charge is 0.182 e. The summed E-state index contributed by atoms with van der Waals surface area (Å²) in [5.41, 5.74) is 9.00. The molecule has 4 rings (SSSR count). The Bertz CT molecular complexity index is 793. The van der Waals surface area contributed by atoms with Crippen LogP contribution in [0, 0.1) is 0 Å². The maximum atomic E-state index is 5.77. The first-order valence-corrected chi connectivity index (χ1v) is 8.74. The van der Waals surface area contributed by atoms with E-state index in [0.717, 1.165) is 48.5 Å². The number of fused-ring (bicyclic) bond motifs is 1. The molecule has 4 heterocycles. The van der Waals surface area contributed by atoms with Crippen molar-refractivity contribution in [2.24, 2.45) is 0 Å². The lowest BCUT2D eigenvalue weighted by Crippen LogP contribution is -2.32. The van der Waals surface area contributed by atoms with Crippen LogP contribution in [0.1, 0.15) is 30.0 Å². The average molecular weight is 325 g/mol. The van der Waals surface area contributed by atoms with Crippen molar-refractivity contribution < 1.29 is 0 Å². The molecule has 1 aliphatic heterocycles. The van der Waals surface area contributed by atoms with Gasteiger partial charge in [0.05, 0.1) is 4.70 Å². The molecule has 3 aromatic rings. The number of hydrogen-bond acceptors (Lipinski definition) is 6. The molecule has 0 aromatic carbocycles. The van der Waals surface area contributed by atoms with E-state index in [2.05, 4.69) is 33.1 Å². The molecule has 0 aliphatic carbocycles. The highest BCUT2D eigenvalue weighted by Gasteiger charge is 2.22. The number of pyridine rings is 2. The largest absolute Gasteiger partial charge is 0.375 e. The van der Waals surface area contributed by atoms with Crippen LogP contribution in [0.4, 0.5) is 5.13 Å². The molecule has 0 atom stereocenters. The molecule has 0 amide bonds. The van der Waals surface area contributed by atoms with Crippen LogP contribution >= 0.6 is 11.3 Å². The van der Waals surface area contributed by atoms with Gasteiger partial charge >= 0.3 is 0 Å². The van der Waals surface area contributed by atoms with Gasteiger partial charge in [-0.2, -0.15) is 0 Å². The van der Waals surface area contributed by atoms with Crippen LogP contribution in [0.15, 0.2) is 36.7 Å². The fourth-order valence-electron chi connectivity index (χ4n) is 3.21. The standard InChI is InChI=1S/C17H19N5S/c18-17-21-16-15(23-17)4-3-14(20-16)13-5-8-22(9-6-13)11-12-2-1-7-19-10-12/h1-4,7,10,13H,5-6,8-9,11H2,(H2,18,20,21). The number of nitrogens with two attached hydrogens (primary N) is 1. The Morgan fingerprint density at radius 1 is 1.17 bits per heavy atom. The molecule has 0 spiro atoms. The number of piperidine rings is 1. The van der Waals surface area contributed by atoms with Gasteiger partial charge in [-0.1, -0.05) is 17.4 Å². The number of rotatable bonds is 3. The van der Waals surface area contributed by atoms with Crippen molar-refractivity contribution in [2.45, 2.75) is 25.3 Å². The van der Waals surface area contributed by atoms with Gasteiger partial charge in [-0.05, 0) is 49.7 Å². The third-order valence-corrected chi connectivity index (χ3v) is 5.27. The molecule has 1 aliphatic rings. The molecule has 2 N–H and O–H groups in total. The van der Waals surface area contributed by atoms with Gasteiger partial charge < -0.3 is 5.73 Å². The highest BCUT2D eigenvalue weighted by atomic mass is 32.1. The van der Waals surface area contributed by atoms with Crippen molar-refractivity contribution in [2.75, 3.05) is 18.8 Å². The second-order valence-electron chi connectivity index (χ2n) is 6.02. The molecule has 3 aromatic heterocycles. The highest BCUT2D eigenvalue weighted by Crippen LogP contribution is 2.30. The predicted molar refractivity (Wildman–Crippen MR) is 93.3 cm³/mol. The summed E-state index contributed by atoms with van der Waals surface area (Å²) in [5.74, 6) is 0.521. The number of thiazole rings is 1. The Morgan fingerprint density at radius 3 is 2.83 bits per heavy atom. The zero-order valence-corrected chi connectivity index (χ0v) is 13.7. The summed E-state index contributed by atoms with van der Waals surface area (Å²) in [5, 5.41) is 0.593. The fourth-order valence-corrected chi connectivity index (χ4v) is 3.89. The van der Waals surface area contributed by atoms with Crippen LogP contribution in [0.3, 0.4) is 0 Å². The van der Waals surface area contributed by atoms with Gasteiger partial charge in [0, 0.05) is 30.6 Å². The number of anilines is 1. The van der Waals surface area contributed by atoms with Crippen molar-refractivity contribution >= 4 is 26.8 Å². The normalized spacial score (nSPS) is 16.9. The zero-order valence-electron chi connectivity index (χ0n) is 12.9. The number of hydrogen-bond donors (Lipinski definition) is 1. The minimum atomic E-state index is 0.521. The SMILES string of the molecule is Nc1nc2nc(C3CCN(Cc4cccnc4)CC3)ccc2s1. The molecule has 23 heavy (non-hydrogen) atoms. The Morgan fingerprint density at radius 2 is 2.04 bits per heavy atom. The first-order valence-electron chi connectivity index (χ1n) is 7.92. The third kappa shape index (κ3) is 3.18. The molecule has 6 heteroatoms. The van der Waals surface area contributed by atoms with E-state index in [1.165, 1.54) is 16.9 Å². The minimum absolute atomic E-state index is 0.521. The van der Waals surface area contributed by atoms with Gasteiger partial charge in [0.15, 0.2) is 10.8 Å². The summed E-state index contributed by atoms with van der Waals surface area (Å²) >= 11 is 1.50. The molecule has 1 fully saturated rings. The summed E-state index contributed by atoms with van der Waals surface area (Å²) in [6.07, 6.45) is 6.05. The molecule has 0 radical (unpaired) electrons. The van der Waals surface area contributed by atoms with Crippen LogP contribution in [-0.2, 0) is 6.54 Å². The van der Waals surface area contributed by atoms with Crippen molar-refractivity contribution in [1.29, 1.82) is 0 Å². The molecular weight excluding hydrogens is 306 g/mol. The maximum Gasteiger partial charge on any atom is 0.182 e. The summed E-state index contributed by atoms with van der Waals surface area (Å²) in [6.45, 7) is 3.17. The predicted octanol–water partition coefficient (Wildman–Crippen LogP) is 3.05. The Balaban J connectivity index is 1.42. The molecular formula is C17H19N5S. The summed E-state index contributed by atoms with van der Waals surface area (Å²) in [4.78, 5) is 15.7. The topological polar surface area (TPSA) is 67.9 Å². The Kier molecular flexibility index (Phi) is 3.93. The van der Waals surface area contributed by atoms with Gasteiger partial charge in [-0.15, -0.1) is 0 Å². The van der Waals surface area contributed by atoms with Gasteiger partial charge in [-0.3, -0.25) is 9.88 Å². The molecule has 0 unspecified atom stereocenters. The van der Waals surface area contributed by atoms with E-state index in [9.17, 15) is 0 Å². The fraction of sp³-hybridized carbons (Fsp3) is 0.353. The van der Waals surface area contributed by atoms with Crippen molar-refractivity contribution in [3.63, 3.8) is 0 Å². The maximum absolute atomic E-state index is 5.77. The van der Waals surface area contributed by atoms with E-state index < -0.39 is 0 Å². The molecule has 5 nitrogen and oxygen atoms in total. The van der Waals surface area contributed by atoms with Crippen molar-refractivity contribution in [3.8, 4) is 0 Å². The molecule has 1 saturated heterocycles. The van der Waals surface area contributed by atoms with Gasteiger partial charge in [0.1, 0.15) is 0 Å². The van der Waals surface area contributed by atoms with Gasteiger partial charge in [-0.25, -0.2) is 9.97 Å². The molecule has 0 saturated carbocycles. The van der Waals surface area contributed by atoms with Gasteiger partial charge in [0.25, 0.3) is 0 Å². The first kappa shape index (κ1) is 14.5. The Labute approximate surface area is 139 Å². The van der Waals surface area contributed by atoms with Crippen LogP contribution < -0.4 is 5.73 Å². The third-order valence-electron chi connectivity index (χ3n) is 4.43. The quantitative estimate of drug-likeness (QED) is 0.801. The molecule has 0 bridgehead atoms. The average Bonchev–Trinajstić information content (AvgIpc) is 2.95. The van der Waals surface area contributed by atoms with Crippen LogP contribution in [0.25, 0.3) is 10.3 Å². The van der Waals surface area contributed by atoms with Gasteiger partial charge in [0.2, 0.25) is 0 Å². The second kappa shape index (κ2) is 6.22. The lowest BCUT2D eigenvalue weighted by molar-refractivity contribution is 0.203. The van der Waals surface area contributed by atoms with E-state index in [1.807, 2.05) is 18.5 Å².